The standard InChI is InChI=1S/C13H25N5O/c1-9(2)6-10(8-18(3)4)15-11-7-12(19-5)17-13(14)16-11/h7,9-10H,6,8H2,1-5H3,(H3,14,15,16,17). The van der Waals surface area contributed by atoms with E-state index in [1.807, 2.05) is 0 Å². The lowest BCUT2D eigenvalue weighted by Gasteiger charge is -2.24. The Labute approximate surface area is 115 Å². The average Bonchev–Trinajstić information content (AvgIpc) is 2.26. The van der Waals surface area contributed by atoms with Gasteiger partial charge in [-0.15, -0.1) is 0 Å². The summed E-state index contributed by atoms with van der Waals surface area (Å²) in [5.74, 6) is 2.01. The first-order valence-electron chi connectivity index (χ1n) is 6.50. The normalized spacial score (nSPS) is 12.8. The maximum Gasteiger partial charge on any atom is 0.225 e. The minimum Gasteiger partial charge on any atom is -0.481 e. The molecule has 0 saturated heterocycles. The summed E-state index contributed by atoms with van der Waals surface area (Å²) in [6.07, 6.45) is 1.06. The highest BCUT2D eigenvalue weighted by atomic mass is 16.5. The Morgan fingerprint density at radius 1 is 1.37 bits per heavy atom. The second-order valence-corrected chi connectivity index (χ2v) is 5.39. The first kappa shape index (κ1) is 15.5. The quantitative estimate of drug-likeness (QED) is 0.779. The van der Waals surface area contributed by atoms with Crippen molar-refractivity contribution in [3.63, 3.8) is 0 Å². The molecule has 0 bridgehead atoms. The van der Waals surface area contributed by atoms with Gasteiger partial charge in [0, 0.05) is 18.7 Å². The van der Waals surface area contributed by atoms with E-state index in [1.54, 1.807) is 13.2 Å². The average molecular weight is 267 g/mol. The van der Waals surface area contributed by atoms with E-state index in [4.69, 9.17) is 10.5 Å². The molecule has 1 aromatic rings. The number of hydrogen-bond acceptors (Lipinski definition) is 6. The third kappa shape index (κ3) is 5.74. The summed E-state index contributed by atoms with van der Waals surface area (Å²) < 4.78 is 5.10. The lowest BCUT2D eigenvalue weighted by Crippen LogP contribution is -2.33. The molecule has 19 heavy (non-hydrogen) atoms. The number of methoxy groups -OCH3 is 1. The van der Waals surface area contributed by atoms with Crippen LogP contribution in [0.5, 0.6) is 5.88 Å². The predicted octanol–water partition coefficient (Wildman–Crippen LogP) is 1.46. The van der Waals surface area contributed by atoms with E-state index in [2.05, 4.69) is 48.1 Å². The molecule has 108 valence electrons. The van der Waals surface area contributed by atoms with E-state index in [9.17, 15) is 0 Å². The largest absolute Gasteiger partial charge is 0.481 e. The number of nitrogens with zero attached hydrogens (tertiary/aromatic N) is 3. The number of rotatable bonds is 7. The fourth-order valence-electron chi connectivity index (χ4n) is 2.02. The zero-order valence-electron chi connectivity index (χ0n) is 12.5. The van der Waals surface area contributed by atoms with E-state index < -0.39 is 0 Å². The third-order valence-corrected chi connectivity index (χ3v) is 2.62. The van der Waals surface area contributed by atoms with Crippen molar-refractivity contribution in [1.29, 1.82) is 0 Å². The van der Waals surface area contributed by atoms with Gasteiger partial charge in [-0.3, -0.25) is 0 Å². The maximum atomic E-state index is 5.66. The van der Waals surface area contributed by atoms with Crippen LogP contribution >= 0.6 is 0 Å². The smallest absolute Gasteiger partial charge is 0.225 e. The van der Waals surface area contributed by atoms with Gasteiger partial charge < -0.3 is 20.7 Å². The molecule has 0 aliphatic heterocycles. The van der Waals surface area contributed by atoms with Gasteiger partial charge in [-0.2, -0.15) is 9.97 Å². The van der Waals surface area contributed by atoms with Crippen LogP contribution in [0.2, 0.25) is 0 Å². The van der Waals surface area contributed by atoms with Crippen LogP contribution < -0.4 is 15.8 Å². The second kappa shape index (κ2) is 7.13. The molecule has 1 aromatic heterocycles. The van der Waals surface area contributed by atoms with Crippen LogP contribution in [0.3, 0.4) is 0 Å². The maximum absolute atomic E-state index is 5.66. The minimum absolute atomic E-state index is 0.218. The molecule has 3 N–H and O–H groups in total. The van der Waals surface area contributed by atoms with E-state index in [-0.39, 0.29) is 5.95 Å². The van der Waals surface area contributed by atoms with Gasteiger partial charge in [-0.1, -0.05) is 13.8 Å². The van der Waals surface area contributed by atoms with E-state index in [0.29, 0.717) is 23.7 Å². The van der Waals surface area contributed by atoms with Gasteiger partial charge in [0.15, 0.2) is 0 Å². The van der Waals surface area contributed by atoms with Crippen molar-refractivity contribution in [3.05, 3.63) is 6.07 Å². The van der Waals surface area contributed by atoms with Crippen molar-refractivity contribution in [1.82, 2.24) is 14.9 Å². The summed E-state index contributed by atoms with van der Waals surface area (Å²) in [7, 11) is 5.69. The molecule has 1 rings (SSSR count). The molecule has 0 spiro atoms. The molecule has 0 radical (unpaired) electrons. The summed E-state index contributed by atoms with van der Waals surface area (Å²) in [5, 5.41) is 3.40. The van der Waals surface area contributed by atoms with Crippen LogP contribution in [0.4, 0.5) is 11.8 Å². The Kier molecular flexibility index (Phi) is 5.82. The number of ether oxygens (including phenoxy) is 1. The SMILES string of the molecule is COc1cc(NC(CC(C)C)CN(C)C)nc(N)n1. The zero-order valence-corrected chi connectivity index (χ0v) is 12.5. The molecule has 0 aromatic carbocycles. The van der Waals surface area contributed by atoms with Gasteiger partial charge in [-0.05, 0) is 26.4 Å². The molecule has 0 saturated carbocycles. The topological polar surface area (TPSA) is 76.3 Å². The number of nitrogens with one attached hydrogen (secondary N) is 1. The van der Waals surface area contributed by atoms with E-state index in [0.717, 1.165) is 13.0 Å². The summed E-state index contributed by atoms with van der Waals surface area (Å²) >= 11 is 0. The molecule has 6 heteroatoms. The van der Waals surface area contributed by atoms with Gasteiger partial charge in [0.05, 0.1) is 7.11 Å². The highest BCUT2D eigenvalue weighted by Gasteiger charge is 2.13. The van der Waals surface area contributed by atoms with Gasteiger partial charge in [0.25, 0.3) is 0 Å². The number of anilines is 2. The lowest BCUT2D eigenvalue weighted by molar-refractivity contribution is 0.355. The van der Waals surface area contributed by atoms with Crippen molar-refractivity contribution < 1.29 is 4.74 Å². The second-order valence-electron chi connectivity index (χ2n) is 5.39. The molecular formula is C13H25N5O. The lowest BCUT2D eigenvalue weighted by atomic mass is 10.0. The van der Waals surface area contributed by atoms with Gasteiger partial charge in [-0.25, -0.2) is 0 Å². The molecule has 1 heterocycles. The van der Waals surface area contributed by atoms with Crippen molar-refractivity contribution in [2.45, 2.75) is 26.3 Å². The summed E-state index contributed by atoms with van der Waals surface area (Å²) in [5.41, 5.74) is 5.66. The number of nitrogen functional groups attached to an aromatic ring is 1. The molecule has 0 aliphatic carbocycles. The van der Waals surface area contributed by atoms with Crippen LogP contribution in [-0.2, 0) is 0 Å². The molecule has 0 fully saturated rings. The van der Waals surface area contributed by atoms with Crippen LogP contribution in [0.15, 0.2) is 6.07 Å². The third-order valence-electron chi connectivity index (χ3n) is 2.62. The Bertz CT molecular complexity index is 385. The van der Waals surface area contributed by atoms with Crippen molar-refractivity contribution >= 4 is 11.8 Å². The summed E-state index contributed by atoms with van der Waals surface area (Å²) in [6, 6.07) is 2.08. The molecule has 0 aliphatic rings. The zero-order chi connectivity index (χ0) is 14.4. The van der Waals surface area contributed by atoms with E-state index in [1.165, 1.54) is 0 Å². The number of likely N-dealkylation sites (N-methyl/N-ethyl adjacent to an activating group) is 1. The minimum atomic E-state index is 0.218. The van der Waals surface area contributed by atoms with Crippen LogP contribution in [-0.4, -0.2) is 48.7 Å². The summed E-state index contributed by atoms with van der Waals surface area (Å²) in [6.45, 7) is 5.35. The molecule has 1 atom stereocenters. The number of aromatic nitrogens is 2. The molecule has 1 unspecified atom stereocenters. The Balaban J connectivity index is 2.79. The van der Waals surface area contributed by atoms with Crippen LogP contribution in [0.1, 0.15) is 20.3 Å². The number of hydrogen-bond donors (Lipinski definition) is 2. The number of nitrogens with two attached hydrogens (primary N) is 1. The van der Waals surface area contributed by atoms with Crippen molar-refractivity contribution in [2.24, 2.45) is 5.92 Å². The molecular weight excluding hydrogens is 242 g/mol. The van der Waals surface area contributed by atoms with E-state index >= 15 is 0 Å². The highest BCUT2D eigenvalue weighted by molar-refractivity contribution is 5.43. The van der Waals surface area contributed by atoms with Gasteiger partial charge in [0.1, 0.15) is 5.82 Å². The van der Waals surface area contributed by atoms with Crippen molar-refractivity contribution in [3.8, 4) is 5.88 Å². The Morgan fingerprint density at radius 3 is 2.58 bits per heavy atom. The fourth-order valence-corrected chi connectivity index (χ4v) is 2.02. The monoisotopic (exact) mass is 267 g/mol. The Hall–Kier alpha value is -1.56. The molecule has 0 amide bonds. The van der Waals surface area contributed by atoms with Crippen molar-refractivity contribution in [2.75, 3.05) is 38.8 Å². The fraction of sp³-hybridized carbons (Fsp3) is 0.692. The highest BCUT2D eigenvalue weighted by Crippen LogP contribution is 2.17. The van der Waals surface area contributed by atoms with Gasteiger partial charge >= 0.3 is 0 Å². The van der Waals surface area contributed by atoms with Gasteiger partial charge in [0.2, 0.25) is 11.8 Å². The first-order valence-corrected chi connectivity index (χ1v) is 6.50. The first-order chi connectivity index (χ1) is 8.90. The Morgan fingerprint density at radius 2 is 2.05 bits per heavy atom. The molecule has 6 nitrogen and oxygen atoms in total. The predicted molar refractivity (Wildman–Crippen MR) is 78.4 cm³/mol. The summed E-state index contributed by atoms with van der Waals surface area (Å²) in [4.78, 5) is 10.3. The van der Waals surface area contributed by atoms with Crippen LogP contribution in [0.25, 0.3) is 0 Å². The van der Waals surface area contributed by atoms with Crippen LogP contribution in [0, 0.1) is 5.92 Å².